The number of hydrogen-bond acceptors (Lipinski definition) is 3. The van der Waals surface area contributed by atoms with E-state index in [4.69, 9.17) is 11.6 Å². The second-order valence-electron chi connectivity index (χ2n) is 4.80. The summed E-state index contributed by atoms with van der Waals surface area (Å²) in [5.74, 6) is -0.775. The second kappa shape index (κ2) is 5.31. The number of rotatable bonds is 3. The molecule has 1 aliphatic rings. The van der Waals surface area contributed by atoms with Crippen molar-refractivity contribution in [1.29, 1.82) is 0 Å². The molecule has 0 fully saturated rings. The van der Waals surface area contributed by atoms with Gasteiger partial charge < -0.3 is 5.11 Å². The minimum absolute atomic E-state index is 0.115. The molecule has 0 bridgehead atoms. The Bertz CT molecular complexity index is 694. The van der Waals surface area contributed by atoms with Crippen LogP contribution in [0.25, 0.3) is 0 Å². The highest BCUT2D eigenvalue weighted by atomic mass is 35.5. The number of amides is 2. The van der Waals surface area contributed by atoms with Crippen LogP contribution >= 0.6 is 11.6 Å². The Balaban J connectivity index is 1.86. The maximum Gasteiger partial charge on any atom is 0.261 e. The van der Waals surface area contributed by atoms with Gasteiger partial charge in [0.1, 0.15) is 0 Å². The predicted molar refractivity (Wildman–Crippen MR) is 78.2 cm³/mol. The number of carbonyl (C=O) groups excluding carboxylic acids is 2. The van der Waals surface area contributed by atoms with Crippen LogP contribution in [-0.4, -0.2) is 28.4 Å². The average Bonchev–Trinajstić information content (AvgIpc) is 2.73. The summed E-state index contributed by atoms with van der Waals surface area (Å²) in [6, 6.07) is 13.5. The Morgan fingerprint density at radius 2 is 1.48 bits per heavy atom. The molecule has 0 aromatic heterocycles. The van der Waals surface area contributed by atoms with Crippen molar-refractivity contribution in [3.8, 4) is 0 Å². The molecular weight excluding hydrogens is 290 g/mol. The molecule has 3 rings (SSSR count). The summed E-state index contributed by atoms with van der Waals surface area (Å²) in [4.78, 5) is 25.5. The van der Waals surface area contributed by atoms with Gasteiger partial charge in [-0.05, 0) is 18.2 Å². The number of halogens is 1. The van der Waals surface area contributed by atoms with E-state index in [0.29, 0.717) is 21.7 Å². The summed E-state index contributed by atoms with van der Waals surface area (Å²) in [5.41, 5.74) is 1.23. The standard InChI is InChI=1S/C16H12ClNO3/c17-13-8-4-3-7-12(13)14(19)9-18-15(20)10-5-1-2-6-11(10)16(18)21/h1-8,14,19H,9H2. The molecule has 0 aliphatic carbocycles. The lowest BCUT2D eigenvalue weighted by molar-refractivity contribution is 0.0543. The molecule has 1 atom stereocenters. The minimum Gasteiger partial charge on any atom is -0.386 e. The molecule has 106 valence electrons. The zero-order chi connectivity index (χ0) is 15.0. The number of nitrogens with zero attached hydrogens (tertiary/aromatic N) is 1. The van der Waals surface area contributed by atoms with Gasteiger partial charge in [0, 0.05) is 10.6 Å². The first kappa shape index (κ1) is 13.8. The van der Waals surface area contributed by atoms with Crippen LogP contribution in [0.15, 0.2) is 48.5 Å². The average molecular weight is 302 g/mol. The fourth-order valence-corrected chi connectivity index (χ4v) is 2.68. The third kappa shape index (κ3) is 2.33. The van der Waals surface area contributed by atoms with Crippen molar-refractivity contribution in [3.63, 3.8) is 0 Å². The molecule has 4 nitrogen and oxygen atoms in total. The second-order valence-corrected chi connectivity index (χ2v) is 5.21. The molecule has 0 spiro atoms. The van der Waals surface area contributed by atoms with Gasteiger partial charge in [0.05, 0.1) is 23.8 Å². The van der Waals surface area contributed by atoms with Gasteiger partial charge in [-0.1, -0.05) is 41.9 Å². The van der Waals surface area contributed by atoms with E-state index in [1.165, 1.54) is 0 Å². The number of β-amino-alcohol motifs (C(OH)–C–C–N with tert-alkyl or cyclic N) is 1. The highest BCUT2D eigenvalue weighted by Crippen LogP contribution is 2.27. The van der Waals surface area contributed by atoms with Gasteiger partial charge >= 0.3 is 0 Å². The highest BCUT2D eigenvalue weighted by Gasteiger charge is 2.36. The van der Waals surface area contributed by atoms with Gasteiger partial charge in [0.2, 0.25) is 0 Å². The Labute approximate surface area is 126 Å². The van der Waals surface area contributed by atoms with Gasteiger partial charge in [-0.3, -0.25) is 14.5 Å². The number of hydrogen-bond donors (Lipinski definition) is 1. The molecule has 2 amide bonds. The quantitative estimate of drug-likeness (QED) is 0.887. The Morgan fingerprint density at radius 3 is 2.05 bits per heavy atom. The lowest BCUT2D eigenvalue weighted by Crippen LogP contribution is -2.33. The number of carbonyl (C=O) groups is 2. The predicted octanol–water partition coefficient (Wildman–Crippen LogP) is 2.67. The Kier molecular flexibility index (Phi) is 3.49. The molecule has 1 heterocycles. The van der Waals surface area contributed by atoms with Crippen LogP contribution in [-0.2, 0) is 0 Å². The van der Waals surface area contributed by atoms with Crippen LogP contribution in [0, 0.1) is 0 Å². The van der Waals surface area contributed by atoms with E-state index >= 15 is 0 Å². The molecule has 0 radical (unpaired) electrons. The molecule has 1 unspecified atom stereocenters. The SMILES string of the molecule is O=C1c2ccccc2C(=O)N1CC(O)c1ccccc1Cl. The van der Waals surface area contributed by atoms with Crippen molar-refractivity contribution < 1.29 is 14.7 Å². The summed E-state index contributed by atoms with van der Waals surface area (Å²) in [6.07, 6.45) is -1.01. The largest absolute Gasteiger partial charge is 0.386 e. The maximum absolute atomic E-state index is 12.2. The van der Waals surface area contributed by atoms with Gasteiger partial charge in [-0.25, -0.2) is 0 Å². The monoisotopic (exact) mass is 301 g/mol. The third-order valence-electron chi connectivity index (χ3n) is 3.50. The van der Waals surface area contributed by atoms with E-state index in [2.05, 4.69) is 0 Å². The van der Waals surface area contributed by atoms with Crippen LogP contribution in [0.3, 0.4) is 0 Å². The molecule has 2 aromatic rings. The zero-order valence-corrected chi connectivity index (χ0v) is 11.7. The van der Waals surface area contributed by atoms with E-state index in [9.17, 15) is 14.7 Å². The zero-order valence-electron chi connectivity index (χ0n) is 11.0. The smallest absolute Gasteiger partial charge is 0.261 e. The molecule has 5 heteroatoms. The van der Waals surface area contributed by atoms with E-state index in [0.717, 1.165) is 4.90 Å². The lowest BCUT2D eigenvalue weighted by Gasteiger charge is -2.19. The van der Waals surface area contributed by atoms with Gasteiger partial charge in [0.25, 0.3) is 11.8 Å². The first-order chi connectivity index (χ1) is 10.1. The van der Waals surface area contributed by atoms with Crippen LogP contribution in [0.4, 0.5) is 0 Å². The number of aliphatic hydroxyl groups is 1. The summed E-state index contributed by atoms with van der Waals surface area (Å²) < 4.78 is 0. The molecule has 0 saturated carbocycles. The summed E-state index contributed by atoms with van der Waals surface area (Å²) >= 11 is 6.02. The molecule has 1 N–H and O–H groups in total. The lowest BCUT2D eigenvalue weighted by atomic mass is 10.1. The normalized spacial score (nSPS) is 15.2. The van der Waals surface area contributed by atoms with Crippen molar-refractivity contribution in [2.75, 3.05) is 6.54 Å². The van der Waals surface area contributed by atoms with Crippen molar-refractivity contribution in [2.45, 2.75) is 6.10 Å². The molecule has 21 heavy (non-hydrogen) atoms. The van der Waals surface area contributed by atoms with Crippen molar-refractivity contribution in [3.05, 3.63) is 70.2 Å². The van der Waals surface area contributed by atoms with Gasteiger partial charge in [-0.2, -0.15) is 0 Å². The van der Waals surface area contributed by atoms with E-state index in [1.807, 2.05) is 0 Å². The number of fused-ring (bicyclic) bond motifs is 1. The van der Waals surface area contributed by atoms with Crippen LogP contribution in [0.5, 0.6) is 0 Å². The molecule has 1 aliphatic heterocycles. The number of aliphatic hydroxyl groups excluding tert-OH is 1. The Morgan fingerprint density at radius 1 is 0.952 bits per heavy atom. The molecule has 0 saturated heterocycles. The van der Waals surface area contributed by atoms with Crippen LogP contribution in [0.2, 0.25) is 5.02 Å². The fourth-order valence-electron chi connectivity index (χ4n) is 2.42. The summed E-state index contributed by atoms with van der Waals surface area (Å²) in [5, 5.41) is 10.7. The van der Waals surface area contributed by atoms with Crippen LogP contribution in [0.1, 0.15) is 32.4 Å². The first-order valence-electron chi connectivity index (χ1n) is 6.47. The molecule has 2 aromatic carbocycles. The topological polar surface area (TPSA) is 57.6 Å². The van der Waals surface area contributed by atoms with Crippen LogP contribution < -0.4 is 0 Å². The van der Waals surface area contributed by atoms with E-state index in [-0.39, 0.29) is 18.4 Å². The number of benzene rings is 2. The van der Waals surface area contributed by atoms with Gasteiger partial charge in [0.15, 0.2) is 0 Å². The third-order valence-corrected chi connectivity index (χ3v) is 3.84. The maximum atomic E-state index is 12.2. The minimum atomic E-state index is -1.01. The molecular formula is C16H12ClNO3. The first-order valence-corrected chi connectivity index (χ1v) is 6.85. The Hall–Kier alpha value is -2.17. The van der Waals surface area contributed by atoms with E-state index < -0.39 is 6.10 Å². The summed E-state index contributed by atoms with van der Waals surface area (Å²) in [6.45, 7) is -0.115. The van der Waals surface area contributed by atoms with Crippen molar-refractivity contribution >= 4 is 23.4 Å². The number of imide groups is 1. The highest BCUT2D eigenvalue weighted by molar-refractivity contribution is 6.31. The summed E-state index contributed by atoms with van der Waals surface area (Å²) in [7, 11) is 0. The fraction of sp³-hybridized carbons (Fsp3) is 0.125. The van der Waals surface area contributed by atoms with Gasteiger partial charge in [-0.15, -0.1) is 0 Å². The van der Waals surface area contributed by atoms with Crippen molar-refractivity contribution in [2.24, 2.45) is 0 Å². The van der Waals surface area contributed by atoms with E-state index in [1.54, 1.807) is 48.5 Å². The van der Waals surface area contributed by atoms with Crippen molar-refractivity contribution in [1.82, 2.24) is 4.90 Å².